The van der Waals surface area contributed by atoms with Crippen LogP contribution in [0.5, 0.6) is 11.5 Å². The number of carbonyl (C=O) groups is 1. The summed E-state index contributed by atoms with van der Waals surface area (Å²) in [6.07, 6.45) is 0.127. The van der Waals surface area contributed by atoms with Crippen molar-refractivity contribution in [3.8, 4) is 11.5 Å². The molecule has 0 fully saturated rings. The Morgan fingerprint density at radius 2 is 2.22 bits per heavy atom. The SMILES string of the molecule is CCOC(=O)C(N)Cc1cc(Cl)cc(OC)c1O. The van der Waals surface area contributed by atoms with Gasteiger partial charge in [0.25, 0.3) is 0 Å². The maximum Gasteiger partial charge on any atom is 0.323 e. The van der Waals surface area contributed by atoms with Crippen LogP contribution in [0.15, 0.2) is 12.1 Å². The Morgan fingerprint density at radius 3 is 2.78 bits per heavy atom. The van der Waals surface area contributed by atoms with Gasteiger partial charge in [0.1, 0.15) is 6.04 Å². The van der Waals surface area contributed by atoms with E-state index in [4.69, 9.17) is 26.8 Å². The molecule has 0 heterocycles. The Hall–Kier alpha value is -1.46. The number of rotatable bonds is 5. The molecule has 0 saturated carbocycles. The molecule has 0 amide bonds. The normalized spacial score (nSPS) is 12.0. The van der Waals surface area contributed by atoms with E-state index >= 15 is 0 Å². The molecular weight excluding hydrogens is 258 g/mol. The average Bonchev–Trinajstić information content (AvgIpc) is 2.33. The molecule has 1 unspecified atom stereocenters. The van der Waals surface area contributed by atoms with Crippen molar-refractivity contribution in [1.82, 2.24) is 0 Å². The van der Waals surface area contributed by atoms with Gasteiger partial charge in [-0.25, -0.2) is 0 Å². The van der Waals surface area contributed by atoms with Crippen LogP contribution in [0, 0.1) is 0 Å². The Balaban J connectivity index is 2.90. The maximum absolute atomic E-state index is 11.4. The second-order valence-electron chi connectivity index (χ2n) is 3.68. The summed E-state index contributed by atoms with van der Waals surface area (Å²) in [6, 6.07) is 2.17. The highest BCUT2D eigenvalue weighted by Gasteiger charge is 2.19. The number of benzene rings is 1. The number of aromatic hydroxyl groups is 1. The predicted molar refractivity (Wildman–Crippen MR) is 68.0 cm³/mol. The van der Waals surface area contributed by atoms with Gasteiger partial charge in [-0.15, -0.1) is 0 Å². The third kappa shape index (κ3) is 3.51. The van der Waals surface area contributed by atoms with Crippen molar-refractivity contribution in [3.05, 3.63) is 22.7 Å². The predicted octanol–water partition coefficient (Wildman–Crippen LogP) is 1.49. The summed E-state index contributed by atoms with van der Waals surface area (Å²) in [7, 11) is 1.42. The van der Waals surface area contributed by atoms with Gasteiger partial charge in [0, 0.05) is 23.1 Å². The zero-order valence-corrected chi connectivity index (χ0v) is 11.0. The van der Waals surface area contributed by atoms with Crippen LogP contribution in [0.3, 0.4) is 0 Å². The fourth-order valence-electron chi connectivity index (χ4n) is 1.51. The monoisotopic (exact) mass is 273 g/mol. The summed E-state index contributed by atoms with van der Waals surface area (Å²) in [4.78, 5) is 11.4. The van der Waals surface area contributed by atoms with Crippen LogP contribution in [0.1, 0.15) is 12.5 Å². The Kier molecular flexibility index (Phi) is 5.25. The van der Waals surface area contributed by atoms with E-state index in [-0.39, 0.29) is 24.5 Å². The summed E-state index contributed by atoms with van der Waals surface area (Å²) in [5.74, 6) is -0.342. The van der Waals surface area contributed by atoms with Crippen molar-refractivity contribution >= 4 is 17.6 Å². The van der Waals surface area contributed by atoms with E-state index in [2.05, 4.69) is 0 Å². The van der Waals surface area contributed by atoms with E-state index in [1.807, 2.05) is 0 Å². The highest BCUT2D eigenvalue weighted by atomic mass is 35.5. The van der Waals surface area contributed by atoms with Crippen LogP contribution in [0.4, 0.5) is 0 Å². The lowest BCUT2D eigenvalue weighted by Gasteiger charge is -2.13. The number of halogens is 1. The van der Waals surface area contributed by atoms with Crippen molar-refractivity contribution in [2.75, 3.05) is 13.7 Å². The molecule has 100 valence electrons. The van der Waals surface area contributed by atoms with Gasteiger partial charge < -0.3 is 20.3 Å². The number of hydrogen-bond donors (Lipinski definition) is 2. The third-order valence-electron chi connectivity index (χ3n) is 2.37. The average molecular weight is 274 g/mol. The molecule has 5 nitrogen and oxygen atoms in total. The molecular formula is C12H16ClNO4. The molecule has 18 heavy (non-hydrogen) atoms. The second kappa shape index (κ2) is 6.47. The molecule has 0 aliphatic rings. The first-order chi connectivity index (χ1) is 8.49. The highest BCUT2D eigenvalue weighted by molar-refractivity contribution is 6.30. The van der Waals surface area contributed by atoms with Gasteiger partial charge in [0.2, 0.25) is 0 Å². The lowest BCUT2D eigenvalue weighted by atomic mass is 10.0. The van der Waals surface area contributed by atoms with Crippen LogP contribution in [0.25, 0.3) is 0 Å². The highest BCUT2D eigenvalue weighted by Crippen LogP contribution is 2.33. The number of hydrogen-bond acceptors (Lipinski definition) is 5. The molecule has 0 radical (unpaired) electrons. The molecule has 0 bridgehead atoms. The number of methoxy groups -OCH3 is 1. The van der Waals surface area contributed by atoms with E-state index in [1.165, 1.54) is 13.2 Å². The minimum absolute atomic E-state index is 0.0679. The molecule has 3 N–H and O–H groups in total. The van der Waals surface area contributed by atoms with Crippen LogP contribution in [-0.4, -0.2) is 30.8 Å². The van der Waals surface area contributed by atoms with E-state index in [0.29, 0.717) is 10.6 Å². The van der Waals surface area contributed by atoms with Crippen molar-refractivity contribution in [1.29, 1.82) is 0 Å². The molecule has 1 aromatic carbocycles. The molecule has 1 atom stereocenters. The topological polar surface area (TPSA) is 81.8 Å². The summed E-state index contributed by atoms with van der Waals surface area (Å²) in [6.45, 7) is 1.96. The van der Waals surface area contributed by atoms with Gasteiger partial charge in [0.15, 0.2) is 11.5 Å². The van der Waals surface area contributed by atoms with Crippen LogP contribution >= 0.6 is 11.6 Å². The van der Waals surface area contributed by atoms with Crippen molar-refractivity contribution in [2.45, 2.75) is 19.4 Å². The number of carbonyl (C=O) groups excluding carboxylic acids is 1. The third-order valence-corrected chi connectivity index (χ3v) is 2.59. The smallest absolute Gasteiger partial charge is 0.323 e. The zero-order valence-electron chi connectivity index (χ0n) is 10.3. The summed E-state index contributed by atoms with van der Waals surface area (Å²) < 4.78 is 9.76. The number of ether oxygens (including phenoxy) is 2. The molecule has 0 saturated heterocycles. The summed E-state index contributed by atoms with van der Waals surface area (Å²) in [5.41, 5.74) is 6.12. The maximum atomic E-state index is 11.4. The lowest BCUT2D eigenvalue weighted by Crippen LogP contribution is -2.34. The molecule has 1 aromatic rings. The molecule has 6 heteroatoms. The van der Waals surface area contributed by atoms with Gasteiger partial charge in [-0.05, 0) is 13.0 Å². The second-order valence-corrected chi connectivity index (χ2v) is 4.11. The number of phenols is 1. The van der Waals surface area contributed by atoms with Crippen LogP contribution < -0.4 is 10.5 Å². The summed E-state index contributed by atoms with van der Waals surface area (Å²) in [5, 5.41) is 10.3. The molecule has 0 aromatic heterocycles. The lowest BCUT2D eigenvalue weighted by molar-refractivity contribution is -0.144. The Morgan fingerprint density at radius 1 is 1.56 bits per heavy atom. The van der Waals surface area contributed by atoms with E-state index in [0.717, 1.165) is 0 Å². The van der Waals surface area contributed by atoms with Gasteiger partial charge >= 0.3 is 5.97 Å². The first-order valence-corrected chi connectivity index (χ1v) is 5.85. The minimum atomic E-state index is -0.848. The molecule has 0 spiro atoms. The van der Waals surface area contributed by atoms with E-state index < -0.39 is 12.0 Å². The molecule has 0 aliphatic heterocycles. The van der Waals surface area contributed by atoms with Gasteiger partial charge in [0.05, 0.1) is 13.7 Å². The van der Waals surface area contributed by atoms with E-state index in [1.54, 1.807) is 13.0 Å². The zero-order chi connectivity index (χ0) is 13.7. The Labute approximate surface area is 110 Å². The largest absolute Gasteiger partial charge is 0.504 e. The molecule has 1 rings (SSSR count). The minimum Gasteiger partial charge on any atom is -0.504 e. The Bertz CT molecular complexity index is 436. The summed E-state index contributed by atoms with van der Waals surface area (Å²) >= 11 is 5.88. The van der Waals surface area contributed by atoms with Crippen molar-refractivity contribution in [3.63, 3.8) is 0 Å². The van der Waals surface area contributed by atoms with Gasteiger partial charge in [-0.1, -0.05) is 11.6 Å². The molecule has 0 aliphatic carbocycles. The fourth-order valence-corrected chi connectivity index (χ4v) is 1.74. The van der Waals surface area contributed by atoms with Gasteiger partial charge in [-0.3, -0.25) is 4.79 Å². The fraction of sp³-hybridized carbons (Fsp3) is 0.417. The first kappa shape index (κ1) is 14.6. The number of nitrogens with two attached hydrogens (primary N) is 1. The van der Waals surface area contributed by atoms with Gasteiger partial charge in [-0.2, -0.15) is 0 Å². The van der Waals surface area contributed by atoms with Crippen LogP contribution in [-0.2, 0) is 16.0 Å². The number of phenolic OH excluding ortho intramolecular Hbond substituents is 1. The van der Waals surface area contributed by atoms with E-state index in [9.17, 15) is 9.90 Å². The van der Waals surface area contributed by atoms with Crippen molar-refractivity contribution in [2.24, 2.45) is 5.73 Å². The van der Waals surface area contributed by atoms with Crippen molar-refractivity contribution < 1.29 is 19.4 Å². The quantitative estimate of drug-likeness (QED) is 0.794. The first-order valence-electron chi connectivity index (χ1n) is 5.47. The van der Waals surface area contributed by atoms with Crippen LogP contribution in [0.2, 0.25) is 5.02 Å². The number of esters is 1. The standard InChI is InChI=1S/C12H16ClNO4/c1-3-18-12(16)9(14)5-7-4-8(13)6-10(17-2)11(7)15/h4,6,9,15H,3,5,14H2,1-2H3.